The van der Waals surface area contributed by atoms with Gasteiger partial charge in [0.25, 0.3) is 0 Å². The van der Waals surface area contributed by atoms with Crippen LogP contribution in [-0.2, 0) is 11.2 Å². The van der Waals surface area contributed by atoms with Gasteiger partial charge in [0, 0.05) is 25.2 Å². The minimum atomic E-state index is 0.0271. The van der Waals surface area contributed by atoms with Crippen LogP contribution in [0.1, 0.15) is 17.5 Å². The van der Waals surface area contributed by atoms with E-state index < -0.39 is 0 Å². The number of nitrogens with one attached hydrogen (secondary N) is 1. The van der Waals surface area contributed by atoms with Crippen LogP contribution >= 0.6 is 0 Å². The first-order valence-corrected chi connectivity index (χ1v) is 5.89. The van der Waals surface area contributed by atoms with Gasteiger partial charge in [0.15, 0.2) is 0 Å². The highest BCUT2D eigenvalue weighted by molar-refractivity contribution is 5.88. The number of hydrogen-bond donors (Lipinski definition) is 1. The van der Waals surface area contributed by atoms with Crippen molar-refractivity contribution in [1.82, 2.24) is 5.32 Å². The third-order valence-corrected chi connectivity index (χ3v) is 3.52. The van der Waals surface area contributed by atoms with E-state index in [-0.39, 0.29) is 11.9 Å². The molecule has 0 saturated carbocycles. The van der Waals surface area contributed by atoms with Crippen molar-refractivity contribution in [2.24, 2.45) is 0 Å². The van der Waals surface area contributed by atoms with Crippen LogP contribution in [0.25, 0.3) is 0 Å². The number of hydrogen-bond acceptors (Lipinski definition) is 2. The topological polar surface area (TPSA) is 32.3 Å². The molecule has 84 valence electrons. The van der Waals surface area contributed by atoms with E-state index in [0.717, 1.165) is 25.9 Å². The Morgan fingerprint density at radius 2 is 2.31 bits per heavy atom. The van der Waals surface area contributed by atoms with Gasteiger partial charge in [-0.2, -0.15) is 0 Å². The largest absolute Gasteiger partial charge is 0.359 e. The molecule has 2 aliphatic rings. The Hall–Kier alpha value is -1.51. The SMILES string of the molecule is Cc1ccc2c(c1)N1CCCNC(=O)C1C2. The second-order valence-electron chi connectivity index (χ2n) is 4.69. The summed E-state index contributed by atoms with van der Waals surface area (Å²) in [6.07, 6.45) is 1.90. The van der Waals surface area contributed by atoms with Gasteiger partial charge < -0.3 is 10.2 Å². The number of carbonyl (C=O) groups is 1. The molecule has 0 bridgehead atoms. The molecule has 1 amide bonds. The second kappa shape index (κ2) is 3.51. The molecule has 2 heterocycles. The Balaban J connectivity index is 2.02. The number of nitrogens with zero attached hydrogens (tertiary/aromatic N) is 1. The summed E-state index contributed by atoms with van der Waals surface area (Å²) in [5.41, 5.74) is 3.85. The van der Waals surface area contributed by atoms with Crippen molar-refractivity contribution in [3.8, 4) is 0 Å². The van der Waals surface area contributed by atoms with Gasteiger partial charge in [0.05, 0.1) is 0 Å². The van der Waals surface area contributed by atoms with E-state index in [2.05, 4.69) is 35.3 Å². The molecule has 1 N–H and O–H groups in total. The van der Waals surface area contributed by atoms with Crippen LogP contribution in [0.15, 0.2) is 18.2 Å². The maximum atomic E-state index is 11.9. The third kappa shape index (κ3) is 1.39. The molecule has 1 fully saturated rings. The van der Waals surface area contributed by atoms with E-state index >= 15 is 0 Å². The first kappa shape index (κ1) is 9.70. The van der Waals surface area contributed by atoms with Gasteiger partial charge in [0.1, 0.15) is 6.04 Å². The summed E-state index contributed by atoms with van der Waals surface area (Å²) in [6, 6.07) is 6.52. The number of carbonyl (C=O) groups excluding carboxylic acids is 1. The lowest BCUT2D eigenvalue weighted by Gasteiger charge is -2.23. The van der Waals surface area contributed by atoms with E-state index in [0.29, 0.717) is 0 Å². The van der Waals surface area contributed by atoms with E-state index in [1.165, 1.54) is 16.8 Å². The fraction of sp³-hybridized carbons (Fsp3) is 0.462. The molecule has 0 aliphatic carbocycles. The van der Waals surface area contributed by atoms with Crippen LogP contribution in [-0.4, -0.2) is 25.0 Å². The summed E-state index contributed by atoms with van der Waals surface area (Å²) in [5.74, 6) is 0.186. The predicted molar refractivity (Wildman–Crippen MR) is 63.6 cm³/mol. The van der Waals surface area contributed by atoms with Crippen LogP contribution in [0.5, 0.6) is 0 Å². The maximum Gasteiger partial charge on any atom is 0.243 e. The van der Waals surface area contributed by atoms with E-state index in [1.807, 2.05) is 0 Å². The van der Waals surface area contributed by atoms with Crippen molar-refractivity contribution < 1.29 is 4.79 Å². The number of rotatable bonds is 0. The van der Waals surface area contributed by atoms with Gasteiger partial charge >= 0.3 is 0 Å². The summed E-state index contributed by atoms with van der Waals surface area (Å²) in [7, 11) is 0. The monoisotopic (exact) mass is 216 g/mol. The quantitative estimate of drug-likeness (QED) is 0.708. The molecule has 1 unspecified atom stereocenters. The van der Waals surface area contributed by atoms with Crippen LogP contribution in [0.4, 0.5) is 5.69 Å². The van der Waals surface area contributed by atoms with Gasteiger partial charge in [-0.15, -0.1) is 0 Å². The Morgan fingerprint density at radius 1 is 1.44 bits per heavy atom. The van der Waals surface area contributed by atoms with Gasteiger partial charge in [-0.25, -0.2) is 0 Å². The minimum absolute atomic E-state index is 0.0271. The molecule has 1 aromatic carbocycles. The van der Waals surface area contributed by atoms with Crippen LogP contribution in [0.2, 0.25) is 0 Å². The number of aryl methyl sites for hydroxylation is 1. The minimum Gasteiger partial charge on any atom is -0.359 e. The highest BCUT2D eigenvalue weighted by Crippen LogP contribution is 2.33. The highest BCUT2D eigenvalue weighted by atomic mass is 16.2. The molecular formula is C13H16N2O. The highest BCUT2D eigenvalue weighted by Gasteiger charge is 2.35. The number of amides is 1. The first-order valence-electron chi connectivity index (χ1n) is 5.89. The zero-order chi connectivity index (χ0) is 11.1. The fourth-order valence-electron chi connectivity index (χ4n) is 2.69. The third-order valence-electron chi connectivity index (χ3n) is 3.52. The van der Waals surface area contributed by atoms with Crippen molar-refractivity contribution in [2.75, 3.05) is 18.0 Å². The first-order chi connectivity index (χ1) is 7.75. The molecule has 0 spiro atoms. The Kier molecular flexibility index (Phi) is 2.13. The molecule has 0 aromatic heterocycles. The molecule has 3 heteroatoms. The zero-order valence-electron chi connectivity index (χ0n) is 9.49. The van der Waals surface area contributed by atoms with Gasteiger partial charge in [-0.3, -0.25) is 4.79 Å². The maximum absolute atomic E-state index is 11.9. The molecule has 3 nitrogen and oxygen atoms in total. The summed E-state index contributed by atoms with van der Waals surface area (Å²) in [4.78, 5) is 14.2. The van der Waals surface area contributed by atoms with Gasteiger partial charge in [0.2, 0.25) is 5.91 Å². The zero-order valence-corrected chi connectivity index (χ0v) is 9.49. The van der Waals surface area contributed by atoms with Crippen molar-refractivity contribution in [3.63, 3.8) is 0 Å². The molecular weight excluding hydrogens is 200 g/mol. The average Bonchev–Trinajstić information content (AvgIpc) is 2.52. The molecule has 16 heavy (non-hydrogen) atoms. The lowest BCUT2D eigenvalue weighted by Crippen LogP contribution is -2.42. The number of anilines is 1. The van der Waals surface area contributed by atoms with Crippen molar-refractivity contribution in [3.05, 3.63) is 29.3 Å². The van der Waals surface area contributed by atoms with E-state index in [9.17, 15) is 4.79 Å². The Labute approximate surface area is 95.4 Å². The molecule has 1 atom stereocenters. The Bertz CT molecular complexity index is 442. The molecule has 2 aliphatic heterocycles. The molecule has 1 aromatic rings. The fourth-order valence-corrected chi connectivity index (χ4v) is 2.69. The van der Waals surface area contributed by atoms with Crippen LogP contribution in [0.3, 0.4) is 0 Å². The number of benzene rings is 1. The summed E-state index contributed by atoms with van der Waals surface area (Å²) in [6.45, 7) is 3.90. The van der Waals surface area contributed by atoms with E-state index in [1.54, 1.807) is 0 Å². The predicted octanol–water partition coefficient (Wildman–Crippen LogP) is 1.25. The number of fused-ring (bicyclic) bond motifs is 3. The smallest absolute Gasteiger partial charge is 0.243 e. The molecule has 0 radical (unpaired) electrons. The lowest BCUT2D eigenvalue weighted by atomic mass is 10.1. The summed E-state index contributed by atoms with van der Waals surface area (Å²) in [5, 5.41) is 2.98. The van der Waals surface area contributed by atoms with Crippen molar-refractivity contribution in [1.29, 1.82) is 0 Å². The Morgan fingerprint density at radius 3 is 3.19 bits per heavy atom. The van der Waals surface area contributed by atoms with Gasteiger partial charge in [-0.05, 0) is 30.5 Å². The molecule has 1 saturated heterocycles. The van der Waals surface area contributed by atoms with Crippen LogP contribution in [0, 0.1) is 6.92 Å². The lowest BCUT2D eigenvalue weighted by molar-refractivity contribution is -0.121. The standard InChI is InChI=1S/C13H16N2O/c1-9-3-4-10-8-12-13(16)14-5-2-6-15(12)11(10)7-9/h3-4,7,12H,2,5-6,8H2,1H3,(H,14,16). The summed E-state index contributed by atoms with van der Waals surface area (Å²) < 4.78 is 0. The van der Waals surface area contributed by atoms with E-state index in [4.69, 9.17) is 0 Å². The molecule has 3 rings (SSSR count). The summed E-state index contributed by atoms with van der Waals surface area (Å²) >= 11 is 0. The van der Waals surface area contributed by atoms with Gasteiger partial charge in [-0.1, -0.05) is 12.1 Å². The normalized spacial score (nSPS) is 23.4. The average molecular weight is 216 g/mol. The van der Waals surface area contributed by atoms with Crippen molar-refractivity contribution >= 4 is 11.6 Å². The van der Waals surface area contributed by atoms with Crippen LogP contribution < -0.4 is 10.2 Å². The van der Waals surface area contributed by atoms with Crippen molar-refractivity contribution in [2.45, 2.75) is 25.8 Å². The second-order valence-corrected chi connectivity index (χ2v) is 4.69.